The fourth-order valence-electron chi connectivity index (χ4n) is 3.73. The molecule has 6 heteroatoms. The number of rotatable bonds is 3. The van der Waals surface area contributed by atoms with Crippen LogP contribution in [0.1, 0.15) is 36.0 Å². The summed E-state index contributed by atoms with van der Waals surface area (Å²) in [5.41, 5.74) is -0.812. The van der Waals surface area contributed by atoms with Crippen molar-refractivity contribution in [1.29, 1.82) is 0 Å². The van der Waals surface area contributed by atoms with E-state index < -0.39 is 17.5 Å². The molecular weight excluding hydrogens is 318 g/mol. The summed E-state index contributed by atoms with van der Waals surface area (Å²) in [6.45, 7) is 0. The second-order valence-corrected chi connectivity index (χ2v) is 6.78. The van der Waals surface area contributed by atoms with Crippen molar-refractivity contribution in [3.63, 3.8) is 0 Å². The SMILES string of the molecule is COC(=O)C1(OC(=O)c2ccc(Cl)cc2)C[C@H]2CC[C@@H](C1)N2C. The summed E-state index contributed by atoms with van der Waals surface area (Å²) in [5.74, 6) is -0.985. The van der Waals surface area contributed by atoms with Crippen LogP contribution in [0, 0.1) is 0 Å². The van der Waals surface area contributed by atoms with Crippen LogP contribution in [0.5, 0.6) is 0 Å². The van der Waals surface area contributed by atoms with E-state index in [1.165, 1.54) is 7.11 Å². The Bertz CT molecular complexity index is 602. The molecule has 0 spiro atoms. The lowest BCUT2D eigenvalue weighted by molar-refractivity contribution is -0.171. The van der Waals surface area contributed by atoms with Gasteiger partial charge in [0.05, 0.1) is 12.7 Å². The molecule has 2 fully saturated rings. The van der Waals surface area contributed by atoms with Crippen molar-refractivity contribution >= 4 is 23.5 Å². The molecule has 0 radical (unpaired) electrons. The Balaban J connectivity index is 1.84. The van der Waals surface area contributed by atoms with Gasteiger partial charge >= 0.3 is 11.9 Å². The van der Waals surface area contributed by atoms with Gasteiger partial charge in [-0.1, -0.05) is 11.6 Å². The maximum atomic E-state index is 12.5. The topological polar surface area (TPSA) is 55.8 Å². The first kappa shape index (κ1) is 16.3. The van der Waals surface area contributed by atoms with Gasteiger partial charge in [-0.3, -0.25) is 0 Å². The van der Waals surface area contributed by atoms with E-state index in [1.54, 1.807) is 24.3 Å². The molecule has 124 valence electrons. The van der Waals surface area contributed by atoms with Crippen molar-refractivity contribution in [3.8, 4) is 0 Å². The second-order valence-electron chi connectivity index (χ2n) is 6.34. The standard InChI is InChI=1S/C17H20ClNO4/c1-19-13-7-8-14(19)10-17(9-13,16(21)22-2)23-15(20)11-3-5-12(18)6-4-11/h3-6,13-14H,7-10H2,1-2H3/t13-,14+,17?. The molecule has 0 N–H and O–H groups in total. The highest BCUT2D eigenvalue weighted by Crippen LogP contribution is 2.42. The molecule has 2 bridgehead atoms. The molecule has 3 atom stereocenters. The molecule has 2 saturated heterocycles. The molecule has 3 rings (SSSR count). The number of piperidine rings is 1. The number of hydrogen-bond donors (Lipinski definition) is 0. The van der Waals surface area contributed by atoms with Crippen LogP contribution in [0.15, 0.2) is 24.3 Å². The van der Waals surface area contributed by atoms with Crippen molar-refractivity contribution in [2.75, 3.05) is 14.2 Å². The van der Waals surface area contributed by atoms with E-state index in [4.69, 9.17) is 21.1 Å². The zero-order valence-corrected chi connectivity index (χ0v) is 14.0. The normalized spacial score (nSPS) is 30.0. The van der Waals surface area contributed by atoms with Crippen LogP contribution in [0.2, 0.25) is 5.02 Å². The van der Waals surface area contributed by atoms with E-state index >= 15 is 0 Å². The van der Waals surface area contributed by atoms with E-state index in [2.05, 4.69) is 11.9 Å². The third-order valence-electron chi connectivity index (χ3n) is 5.04. The van der Waals surface area contributed by atoms with Gasteiger partial charge in [0.15, 0.2) is 0 Å². The van der Waals surface area contributed by atoms with Crippen LogP contribution < -0.4 is 0 Å². The first-order chi connectivity index (χ1) is 10.9. The number of carbonyl (C=O) groups excluding carboxylic acids is 2. The highest BCUT2D eigenvalue weighted by Gasteiger charge is 2.54. The van der Waals surface area contributed by atoms with Gasteiger partial charge in [-0.25, -0.2) is 9.59 Å². The monoisotopic (exact) mass is 337 g/mol. The molecule has 2 aliphatic rings. The van der Waals surface area contributed by atoms with Crippen molar-refractivity contribution in [1.82, 2.24) is 4.90 Å². The van der Waals surface area contributed by atoms with E-state index in [1.807, 2.05) is 0 Å². The lowest BCUT2D eigenvalue weighted by Crippen LogP contribution is -2.56. The van der Waals surface area contributed by atoms with Crippen LogP contribution in [-0.4, -0.2) is 48.7 Å². The Morgan fingerprint density at radius 1 is 1.17 bits per heavy atom. The number of esters is 2. The Kier molecular flexibility index (Phi) is 4.34. The number of methoxy groups -OCH3 is 1. The molecule has 1 aromatic rings. The van der Waals surface area contributed by atoms with Gasteiger partial charge < -0.3 is 14.4 Å². The van der Waals surface area contributed by atoms with E-state index in [9.17, 15) is 9.59 Å². The Labute approximate surface area is 140 Å². The Morgan fingerprint density at radius 3 is 2.26 bits per heavy atom. The maximum absolute atomic E-state index is 12.5. The Hall–Kier alpha value is -1.59. The highest BCUT2D eigenvalue weighted by atomic mass is 35.5. The summed E-state index contributed by atoms with van der Waals surface area (Å²) >= 11 is 5.84. The third-order valence-corrected chi connectivity index (χ3v) is 5.29. The molecule has 0 amide bonds. The molecule has 0 aromatic heterocycles. The van der Waals surface area contributed by atoms with Crippen LogP contribution in [0.4, 0.5) is 0 Å². The van der Waals surface area contributed by atoms with Gasteiger partial charge in [0.1, 0.15) is 0 Å². The Morgan fingerprint density at radius 2 is 1.74 bits per heavy atom. The smallest absolute Gasteiger partial charge is 0.350 e. The molecular formula is C17H20ClNO4. The minimum atomic E-state index is -1.19. The zero-order chi connectivity index (χ0) is 16.6. The number of carbonyl (C=O) groups is 2. The second kappa shape index (κ2) is 6.13. The largest absolute Gasteiger partial charge is 0.466 e. The summed E-state index contributed by atoms with van der Waals surface area (Å²) in [5, 5.41) is 0.543. The van der Waals surface area contributed by atoms with Crippen molar-refractivity contribution in [2.45, 2.75) is 43.4 Å². The number of fused-ring (bicyclic) bond motifs is 2. The molecule has 1 aromatic carbocycles. The molecule has 2 heterocycles. The van der Waals surface area contributed by atoms with Crippen molar-refractivity contribution < 1.29 is 19.1 Å². The van der Waals surface area contributed by atoms with E-state index in [-0.39, 0.29) is 12.1 Å². The van der Waals surface area contributed by atoms with Crippen molar-refractivity contribution in [3.05, 3.63) is 34.9 Å². The van der Waals surface area contributed by atoms with Gasteiger partial charge in [0.2, 0.25) is 5.60 Å². The number of ether oxygens (including phenoxy) is 2. The number of nitrogens with zero attached hydrogens (tertiary/aromatic N) is 1. The van der Waals surface area contributed by atoms with Crippen LogP contribution in [0.25, 0.3) is 0 Å². The quantitative estimate of drug-likeness (QED) is 0.794. The van der Waals surface area contributed by atoms with E-state index in [0.717, 1.165) is 12.8 Å². The lowest BCUT2D eigenvalue weighted by atomic mass is 9.86. The number of halogens is 1. The fraction of sp³-hybridized carbons (Fsp3) is 0.529. The van der Waals surface area contributed by atoms with Crippen LogP contribution in [0.3, 0.4) is 0 Å². The minimum absolute atomic E-state index is 0.242. The predicted molar refractivity (Wildman–Crippen MR) is 85.4 cm³/mol. The summed E-state index contributed by atoms with van der Waals surface area (Å²) in [4.78, 5) is 27.1. The maximum Gasteiger partial charge on any atom is 0.350 e. The summed E-state index contributed by atoms with van der Waals surface area (Å²) in [6, 6.07) is 6.93. The molecule has 1 unspecified atom stereocenters. The predicted octanol–water partition coefficient (Wildman–Crippen LogP) is 2.67. The molecule has 2 aliphatic heterocycles. The summed E-state index contributed by atoms with van der Waals surface area (Å²) in [6.07, 6.45) is 2.98. The van der Waals surface area contributed by atoms with Gasteiger partial charge in [-0.05, 0) is 44.2 Å². The number of benzene rings is 1. The highest BCUT2D eigenvalue weighted by molar-refractivity contribution is 6.30. The van der Waals surface area contributed by atoms with Gasteiger partial charge in [-0.15, -0.1) is 0 Å². The van der Waals surface area contributed by atoms with Crippen LogP contribution >= 0.6 is 11.6 Å². The molecule has 0 aliphatic carbocycles. The van der Waals surface area contributed by atoms with Crippen molar-refractivity contribution in [2.24, 2.45) is 0 Å². The first-order valence-corrected chi connectivity index (χ1v) is 8.12. The average Bonchev–Trinajstić information content (AvgIpc) is 2.76. The zero-order valence-electron chi connectivity index (χ0n) is 13.3. The first-order valence-electron chi connectivity index (χ1n) is 7.74. The average molecular weight is 338 g/mol. The van der Waals surface area contributed by atoms with Gasteiger partial charge in [0.25, 0.3) is 0 Å². The van der Waals surface area contributed by atoms with Gasteiger partial charge in [0, 0.05) is 29.9 Å². The molecule has 5 nitrogen and oxygen atoms in total. The van der Waals surface area contributed by atoms with Gasteiger partial charge in [-0.2, -0.15) is 0 Å². The minimum Gasteiger partial charge on any atom is -0.466 e. The number of hydrogen-bond acceptors (Lipinski definition) is 5. The lowest BCUT2D eigenvalue weighted by Gasteiger charge is -2.42. The molecule has 0 saturated carbocycles. The summed E-state index contributed by atoms with van der Waals surface area (Å²) in [7, 11) is 3.39. The summed E-state index contributed by atoms with van der Waals surface area (Å²) < 4.78 is 10.7. The molecule has 23 heavy (non-hydrogen) atoms. The van der Waals surface area contributed by atoms with Crippen LogP contribution in [-0.2, 0) is 14.3 Å². The van der Waals surface area contributed by atoms with E-state index in [0.29, 0.717) is 23.4 Å². The fourth-order valence-corrected chi connectivity index (χ4v) is 3.85. The third kappa shape index (κ3) is 2.95.